The molecule has 0 aliphatic heterocycles. The van der Waals surface area contributed by atoms with Gasteiger partial charge in [0.05, 0.1) is 9.11 Å². The zero-order valence-corrected chi connectivity index (χ0v) is 17.0. The molecule has 0 aliphatic carbocycles. The van der Waals surface area contributed by atoms with Crippen molar-refractivity contribution in [3.05, 3.63) is 63.1 Å². The van der Waals surface area contributed by atoms with Crippen LogP contribution in [0.1, 0.15) is 29.8 Å². The first-order chi connectivity index (χ1) is 12.7. The van der Waals surface area contributed by atoms with E-state index >= 15 is 0 Å². The number of rotatable bonds is 7. The van der Waals surface area contributed by atoms with Crippen LogP contribution in [0.2, 0.25) is 0 Å². The van der Waals surface area contributed by atoms with E-state index in [2.05, 4.69) is 38.2 Å². The minimum absolute atomic E-state index is 0.293. The average Bonchev–Trinajstić information content (AvgIpc) is 2.59. The number of carboxylic acids is 1. The Morgan fingerprint density at radius 1 is 1.30 bits per heavy atom. The van der Waals surface area contributed by atoms with E-state index in [1.165, 1.54) is 30.3 Å². The second-order valence-corrected chi connectivity index (χ2v) is 7.63. The van der Waals surface area contributed by atoms with Crippen LogP contribution in [0, 0.1) is 9.39 Å². The van der Waals surface area contributed by atoms with Crippen molar-refractivity contribution in [1.82, 2.24) is 10.3 Å². The molecule has 0 spiro atoms. The Balaban J connectivity index is 1.98. The summed E-state index contributed by atoms with van der Waals surface area (Å²) in [7, 11) is 0. The molecule has 0 radical (unpaired) electrons. The average molecular weight is 483 g/mol. The Morgan fingerprint density at radius 2 is 1.96 bits per heavy atom. The Morgan fingerprint density at radius 3 is 2.56 bits per heavy atom. The molecule has 1 amide bonds. The van der Waals surface area contributed by atoms with Crippen LogP contribution < -0.4 is 10.6 Å². The number of hydrogen-bond acceptors (Lipinski definition) is 4. The molecule has 142 valence electrons. The van der Waals surface area contributed by atoms with Gasteiger partial charge in [-0.1, -0.05) is 0 Å². The predicted octanol–water partition coefficient (Wildman–Crippen LogP) is 3.54. The highest BCUT2D eigenvalue weighted by atomic mass is 127. The number of carbonyl (C=O) groups excluding carboxylic acids is 1. The summed E-state index contributed by atoms with van der Waals surface area (Å²) in [6.07, 6.45) is 4.08. The molecular weight excluding hydrogens is 464 g/mol. The number of carboxylic acid groups (broad SMARTS) is 1. The monoisotopic (exact) mass is 483 g/mol. The molecule has 0 fully saturated rings. The Kier molecular flexibility index (Phi) is 6.89. The number of anilines is 1. The predicted molar refractivity (Wildman–Crippen MR) is 110 cm³/mol. The Labute approximate surface area is 170 Å². The quantitative estimate of drug-likeness (QED) is 0.414. The number of amides is 1. The lowest BCUT2D eigenvalue weighted by Crippen LogP contribution is -2.48. The van der Waals surface area contributed by atoms with Crippen molar-refractivity contribution in [3.63, 3.8) is 0 Å². The van der Waals surface area contributed by atoms with E-state index in [0.717, 1.165) is 9.65 Å². The molecule has 0 atom stereocenters. The molecule has 0 bridgehead atoms. The number of nitrogens with one attached hydrogen (secondary N) is 2. The molecule has 2 aromatic rings. The molecule has 1 aromatic heterocycles. The van der Waals surface area contributed by atoms with Crippen LogP contribution in [0.25, 0.3) is 6.08 Å². The zero-order chi connectivity index (χ0) is 20.0. The summed E-state index contributed by atoms with van der Waals surface area (Å²) in [6, 6.07) is 7.16. The second-order valence-electron chi connectivity index (χ2n) is 6.47. The van der Waals surface area contributed by atoms with Crippen LogP contribution in [0.15, 0.2) is 42.6 Å². The van der Waals surface area contributed by atoms with Crippen molar-refractivity contribution >= 4 is 46.4 Å². The van der Waals surface area contributed by atoms with Crippen molar-refractivity contribution in [3.8, 4) is 0 Å². The van der Waals surface area contributed by atoms with Gasteiger partial charge in [0.15, 0.2) is 0 Å². The Bertz CT molecular complexity index is 867. The van der Waals surface area contributed by atoms with Gasteiger partial charge in [-0.2, -0.15) is 0 Å². The van der Waals surface area contributed by atoms with Gasteiger partial charge in [-0.15, -0.1) is 0 Å². The van der Waals surface area contributed by atoms with Gasteiger partial charge in [0.1, 0.15) is 11.6 Å². The topological polar surface area (TPSA) is 91.3 Å². The number of nitrogens with zero attached hydrogens (tertiary/aromatic N) is 1. The number of pyridine rings is 1. The summed E-state index contributed by atoms with van der Waals surface area (Å²) in [4.78, 5) is 27.1. The number of hydrogen-bond donors (Lipinski definition) is 3. The highest BCUT2D eigenvalue weighted by molar-refractivity contribution is 14.1. The van der Waals surface area contributed by atoms with E-state index < -0.39 is 17.3 Å². The maximum atomic E-state index is 13.0. The lowest BCUT2D eigenvalue weighted by molar-refractivity contribution is -0.131. The summed E-state index contributed by atoms with van der Waals surface area (Å²) < 4.78 is 13.8. The van der Waals surface area contributed by atoms with Gasteiger partial charge in [0.25, 0.3) is 5.91 Å². The van der Waals surface area contributed by atoms with E-state index in [9.17, 15) is 14.0 Å². The molecule has 0 aliphatic rings. The van der Waals surface area contributed by atoms with Crippen LogP contribution in [0.5, 0.6) is 0 Å². The van der Waals surface area contributed by atoms with Crippen molar-refractivity contribution in [2.75, 3.05) is 11.9 Å². The minimum atomic E-state index is -1.02. The number of aliphatic carboxylic acids is 1. The number of aromatic nitrogens is 1. The highest BCUT2D eigenvalue weighted by Crippen LogP contribution is 2.18. The molecule has 1 aromatic carbocycles. The van der Waals surface area contributed by atoms with E-state index in [0.29, 0.717) is 23.5 Å². The lowest BCUT2D eigenvalue weighted by atomic mass is 10.0. The van der Waals surface area contributed by atoms with Gasteiger partial charge in [-0.05, 0) is 78.4 Å². The normalized spacial score (nSPS) is 11.4. The largest absolute Gasteiger partial charge is 0.478 e. The molecule has 8 heteroatoms. The van der Waals surface area contributed by atoms with Crippen molar-refractivity contribution in [2.45, 2.75) is 19.4 Å². The molecule has 6 nitrogen and oxygen atoms in total. The van der Waals surface area contributed by atoms with Crippen LogP contribution in [-0.2, 0) is 4.79 Å². The summed E-state index contributed by atoms with van der Waals surface area (Å²) in [5.74, 6) is -1.08. The highest BCUT2D eigenvalue weighted by Gasteiger charge is 2.21. The standard InChI is InChI=1S/C19H19FIN3O3/c1-19(2,24-18(27)13-4-6-14(20)7-5-13)11-23-17-15(21)9-12(10-22-17)3-8-16(25)26/h3-10H,11H2,1-2H3,(H,22,23)(H,24,27)(H,25,26)/b8-3+. The Hall–Kier alpha value is -2.49. The van der Waals surface area contributed by atoms with Crippen molar-refractivity contribution in [2.24, 2.45) is 0 Å². The maximum absolute atomic E-state index is 13.0. The minimum Gasteiger partial charge on any atom is -0.478 e. The molecule has 3 N–H and O–H groups in total. The molecule has 0 saturated heterocycles. The number of carbonyl (C=O) groups is 2. The van der Waals surface area contributed by atoms with Crippen molar-refractivity contribution in [1.29, 1.82) is 0 Å². The van der Waals surface area contributed by atoms with E-state index in [1.54, 1.807) is 12.3 Å². The summed E-state index contributed by atoms with van der Waals surface area (Å²) in [5, 5.41) is 14.7. The second kappa shape index (κ2) is 8.94. The SMILES string of the molecule is CC(C)(CNc1ncc(/C=C/C(=O)O)cc1I)NC(=O)c1ccc(F)cc1. The van der Waals surface area contributed by atoms with Crippen LogP contribution >= 0.6 is 22.6 Å². The van der Waals surface area contributed by atoms with Crippen LogP contribution in [0.3, 0.4) is 0 Å². The van der Waals surface area contributed by atoms with Gasteiger partial charge >= 0.3 is 5.97 Å². The summed E-state index contributed by atoms with van der Waals surface area (Å²) >= 11 is 2.10. The van der Waals surface area contributed by atoms with Gasteiger partial charge in [0, 0.05) is 24.4 Å². The van der Waals surface area contributed by atoms with Crippen LogP contribution in [0.4, 0.5) is 10.2 Å². The molecule has 2 rings (SSSR count). The molecular formula is C19H19FIN3O3. The van der Waals surface area contributed by atoms with Gasteiger partial charge in [-0.25, -0.2) is 14.2 Å². The van der Waals surface area contributed by atoms with Gasteiger partial charge in [0.2, 0.25) is 0 Å². The first-order valence-corrected chi connectivity index (χ1v) is 9.13. The molecule has 1 heterocycles. The molecule has 0 saturated carbocycles. The fraction of sp³-hybridized carbons (Fsp3) is 0.211. The first-order valence-electron chi connectivity index (χ1n) is 8.05. The fourth-order valence-electron chi connectivity index (χ4n) is 2.17. The third kappa shape index (κ3) is 6.63. The van der Waals surface area contributed by atoms with Gasteiger partial charge in [-0.3, -0.25) is 4.79 Å². The summed E-state index contributed by atoms with van der Waals surface area (Å²) in [6.45, 7) is 4.13. The lowest BCUT2D eigenvalue weighted by Gasteiger charge is -2.27. The van der Waals surface area contributed by atoms with Crippen LogP contribution in [-0.4, -0.2) is 34.1 Å². The third-order valence-electron chi connectivity index (χ3n) is 3.54. The molecule has 27 heavy (non-hydrogen) atoms. The molecule has 0 unspecified atom stereocenters. The number of halogens is 2. The summed E-state index contributed by atoms with van der Waals surface area (Å²) in [5.41, 5.74) is 0.473. The zero-order valence-electron chi connectivity index (χ0n) is 14.8. The maximum Gasteiger partial charge on any atom is 0.328 e. The van der Waals surface area contributed by atoms with Gasteiger partial charge < -0.3 is 15.7 Å². The fourth-order valence-corrected chi connectivity index (χ4v) is 2.86. The van der Waals surface area contributed by atoms with E-state index in [4.69, 9.17) is 5.11 Å². The first kappa shape index (κ1) is 20.8. The number of benzene rings is 1. The third-order valence-corrected chi connectivity index (χ3v) is 4.36. The van der Waals surface area contributed by atoms with E-state index in [1.807, 2.05) is 13.8 Å². The van der Waals surface area contributed by atoms with E-state index in [-0.39, 0.29) is 5.91 Å². The smallest absolute Gasteiger partial charge is 0.328 e. The van der Waals surface area contributed by atoms with Crippen molar-refractivity contribution < 1.29 is 19.1 Å².